The Morgan fingerprint density at radius 1 is 1.19 bits per heavy atom. The minimum atomic E-state index is -0.461. The highest BCUT2D eigenvalue weighted by Gasteiger charge is 2.38. The lowest BCUT2D eigenvalue weighted by Gasteiger charge is -2.22. The van der Waals surface area contributed by atoms with Gasteiger partial charge in [0.2, 0.25) is 0 Å². The second-order valence-corrected chi connectivity index (χ2v) is 8.14. The average Bonchev–Trinajstić information content (AvgIpc) is 3.28. The fraction of sp³-hybridized carbons (Fsp3) is 0.333. The van der Waals surface area contributed by atoms with Gasteiger partial charge in [-0.3, -0.25) is 14.5 Å². The van der Waals surface area contributed by atoms with E-state index in [1.165, 1.54) is 19.2 Å². The number of carbonyl (C=O) groups is 2. The number of esters is 1. The van der Waals surface area contributed by atoms with Crippen molar-refractivity contribution in [1.29, 1.82) is 0 Å². The zero-order chi connectivity index (χ0) is 22.1. The van der Waals surface area contributed by atoms with E-state index in [-0.39, 0.29) is 23.7 Å². The van der Waals surface area contributed by atoms with E-state index in [2.05, 4.69) is 10.3 Å². The number of nitrogens with one attached hydrogen (secondary N) is 2. The van der Waals surface area contributed by atoms with Crippen molar-refractivity contribution in [3.8, 4) is 0 Å². The summed E-state index contributed by atoms with van der Waals surface area (Å²) < 4.78 is 18.2. The van der Waals surface area contributed by atoms with E-state index < -0.39 is 6.04 Å². The highest BCUT2D eigenvalue weighted by molar-refractivity contribution is 5.99. The van der Waals surface area contributed by atoms with Crippen LogP contribution in [0.4, 0.5) is 4.39 Å². The van der Waals surface area contributed by atoms with Gasteiger partial charge in [-0.25, -0.2) is 4.39 Å². The lowest BCUT2D eigenvalue weighted by Crippen LogP contribution is -2.37. The molecule has 4 rings (SSSR count). The molecule has 0 spiro atoms. The third-order valence-corrected chi connectivity index (χ3v) is 6.08. The van der Waals surface area contributed by atoms with Gasteiger partial charge in [0.1, 0.15) is 11.9 Å². The molecular formula is C24H26FN3O3. The second-order valence-electron chi connectivity index (χ2n) is 8.14. The van der Waals surface area contributed by atoms with Crippen LogP contribution in [0.5, 0.6) is 0 Å². The number of fused-ring (bicyclic) bond motifs is 1. The number of H-pyrrole nitrogens is 1. The molecule has 1 saturated heterocycles. The first kappa shape index (κ1) is 21.1. The normalized spacial score (nSPS) is 19.0. The van der Waals surface area contributed by atoms with Crippen molar-refractivity contribution in [1.82, 2.24) is 15.2 Å². The molecule has 162 valence electrons. The number of rotatable bonds is 5. The molecular weight excluding hydrogens is 397 g/mol. The minimum Gasteiger partial charge on any atom is -0.468 e. The smallest absolute Gasteiger partial charge is 0.323 e. The number of carbonyl (C=O) groups excluding carboxylic acids is 2. The van der Waals surface area contributed by atoms with E-state index in [1.54, 1.807) is 18.2 Å². The van der Waals surface area contributed by atoms with E-state index in [4.69, 9.17) is 4.74 Å². The number of aromatic amines is 1. The molecule has 2 heterocycles. The number of aryl methyl sites for hydroxylation is 2. The van der Waals surface area contributed by atoms with E-state index in [0.29, 0.717) is 25.1 Å². The number of aromatic nitrogens is 1. The van der Waals surface area contributed by atoms with Crippen molar-refractivity contribution in [2.45, 2.75) is 38.9 Å². The number of methoxy groups -OCH3 is 1. The molecule has 0 radical (unpaired) electrons. The summed E-state index contributed by atoms with van der Waals surface area (Å²) in [5.41, 5.74) is 4.69. The molecule has 2 atom stereocenters. The molecule has 0 bridgehead atoms. The molecule has 7 heteroatoms. The van der Waals surface area contributed by atoms with E-state index in [9.17, 15) is 14.0 Å². The monoisotopic (exact) mass is 423 g/mol. The van der Waals surface area contributed by atoms with E-state index in [1.807, 2.05) is 30.9 Å². The summed E-state index contributed by atoms with van der Waals surface area (Å²) in [6.45, 7) is 5.02. The van der Waals surface area contributed by atoms with Gasteiger partial charge in [0.15, 0.2) is 0 Å². The van der Waals surface area contributed by atoms with Crippen LogP contribution < -0.4 is 5.32 Å². The van der Waals surface area contributed by atoms with Crippen molar-refractivity contribution >= 4 is 22.8 Å². The minimum absolute atomic E-state index is 0.169. The Kier molecular flexibility index (Phi) is 5.78. The highest BCUT2D eigenvalue weighted by Crippen LogP contribution is 2.24. The molecule has 3 aromatic rings. The van der Waals surface area contributed by atoms with Crippen LogP contribution in [0.2, 0.25) is 0 Å². The Labute approximate surface area is 180 Å². The molecule has 6 nitrogen and oxygen atoms in total. The average molecular weight is 423 g/mol. The van der Waals surface area contributed by atoms with Gasteiger partial charge >= 0.3 is 5.97 Å². The van der Waals surface area contributed by atoms with Gasteiger partial charge in [0.05, 0.1) is 7.11 Å². The van der Waals surface area contributed by atoms with E-state index >= 15 is 0 Å². The summed E-state index contributed by atoms with van der Waals surface area (Å²) in [5.74, 6) is -0.805. The third-order valence-electron chi connectivity index (χ3n) is 6.08. The molecule has 31 heavy (non-hydrogen) atoms. The van der Waals surface area contributed by atoms with Crippen molar-refractivity contribution < 1.29 is 18.7 Å². The number of ether oxygens (including phenoxy) is 1. The highest BCUT2D eigenvalue weighted by atomic mass is 19.1. The maximum Gasteiger partial charge on any atom is 0.323 e. The Morgan fingerprint density at radius 3 is 2.65 bits per heavy atom. The summed E-state index contributed by atoms with van der Waals surface area (Å²) >= 11 is 0. The van der Waals surface area contributed by atoms with Gasteiger partial charge in [-0.15, -0.1) is 0 Å². The number of likely N-dealkylation sites (tertiary alicyclic amines) is 1. The Morgan fingerprint density at radius 2 is 1.94 bits per heavy atom. The number of benzene rings is 2. The molecule has 2 aromatic carbocycles. The molecule has 2 N–H and O–H groups in total. The largest absolute Gasteiger partial charge is 0.468 e. The summed E-state index contributed by atoms with van der Waals surface area (Å²) in [6.07, 6.45) is 0.462. The third kappa shape index (κ3) is 4.32. The molecule has 1 amide bonds. The van der Waals surface area contributed by atoms with Gasteiger partial charge in [-0.1, -0.05) is 12.1 Å². The number of hydrogen-bond acceptors (Lipinski definition) is 4. The second kappa shape index (κ2) is 8.51. The molecule has 1 aromatic heterocycles. The van der Waals surface area contributed by atoms with Gasteiger partial charge in [-0.2, -0.15) is 0 Å². The van der Waals surface area contributed by atoms with Crippen molar-refractivity contribution in [3.05, 3.63) is 70.7 Å². The lowest BCUT2D eigenvalue weighted by atomic mass is 10.1. The fourth-order valence-corrected chi connectivity index (χ4v) is 4.26. The number of halogens is 1. The van der Waals surface area contributed by atoms with Gasteiger partial charge in [0.25, 0.3) is 5.91 Å². The molecule has 1 fully saturated rings. The number of amides is 1. The van der Waals surface area contributed by atoms with Crippen molar-refractivity contribution in [2.24, 2.45) is 0 Å². The molecule has 0 aliphatic carbocycles. The Bertz CT molecular complexity index is 1120. The molecule has 0 saturated carbocycles. The maximum atomic E-state index is 13.2. The summed E-state index contributed by atoms with van der Waals surface area (Å²) in [6, 6.07) is 11.2. The van der Waals surface area contributed by atoms with E-state index in [0.717, 1.165) is 27.7 Å². The van der Waals surface area contributed by atoms with Crippen molar-refractivity contribution in [2.75, 3.05) is 13.7 Å². The summed E-state index contributed by atoms with van der Waals surface area (Å²) in [7, 11) is 1.36. The zero-order valence-electron chi connectivity index (χ0n) is 17.9. The first-order valence-corrected chi connectivity index (χ1v) is 10.3. The first-order chi connectivity index (χ1) is 14.9. The Balaban J connectivity index is 1.49. The predicted octanol–water partition coefficient (Wildman–Crippen LogP) is 3.47. The SMILES string of the molecule is COC(=O)[C@@H]1C[C@@H](NC(=O)c2ccc3[nH]c(C)c(C)c3c2)CN1Cc1ccc(F)cc1. The van der Waals surface area contributed by atoms with Crippen LogP contribution in [0.3, 0.4) is 0 Å². The van der Waals surface area contributed by atoms with Crippen LogP contribution in [-0.4, -0.2) is 47.5 Å². The van der Waals surface area contributed by atoms with Crippen LogP contribution in [0.15, 0.2) is 42.5 Å². The van der Waals surface area contributed by atoms with Crippen LogP contribution in [0.1, 0.15) is 33.6 Å². The standard InChI is InChI=1S/C24H26FN3O3/c1-14-15(2)26-21-9-6-17(10-20(14)21)23(29)27-19-11-22(24(30)31-3)28(13-19)12-16-4-7-18(25)8-5-16/h4-10,19,22,26H,11-13H2,1-3H3,(H,27,29)/t19-,22+/m1/s1. The van der Waals surface area contributed by atoms with Gasteiger partial charge < -0.3 is 15.0 Å². The molecule has 0 unspecified atom stereocenters. The fourth-order valence-electron chi connectivity index (χ4n) is 4.26. The topological polar surface area (TPSA) is 74.4 Å². The summed E-state index contributed by atoms with van der Waals surface area (Å²) in [5, 5.41) is 4.09. The first-order valence-electron chi connectivity index (χ1n) is 10.3. The van der Waals surface area contributed by atoms with Crippen molar-refractivity contribution in [3.63, 3.8) is 0 Å². The van der Waals surface area contributed by atoms with Crippen LogP contribution in [0, 0.1) is 19.7 Å². The molecule has 1 aliphatic heterocycles. The lowest BCUT2D eigenvalue weighted by molar-refractivity contribution is -0.146. The quantitative estimate of drug-likeness (QED) is 0.617. The van der Waals surface area contributed by atoms with Crippen LogP contribution >= 0.6 is 0 Å². The Hall–Kier alpha value is -3.19. The van der Waals surface area contributed by atoms with Gasteiger partial charge in [-0.05, 0) is 61.7 Å². The van der Waals surface area contributed by atoms with Crippen LogP contribution in [0.25, 0.3) is 10.9 Å². The molecule has 1 aliphatic rings. The van der Waals surface area contributed by atoms with Gasteiger partial charge in [0, 0.05) is 41.3 Å². The number of hydrogen-bond donors (Lipinski definition) is 2. The zero-order valence-corrected chi connectivity index (χ0v) is 17.9. The number of nitrogens with zero attached hydrogens (tertiary/aromatic N) is 1. The maximum absolute atomic E-state index is 13.2. The summed E-state index contributed by atoms with van der Waals surface area (Å²) in [4.78, 5) is 30.5. The predicted molar refractivity (Wildman–Crippen MR) is 116 cm³/mol. The van der Waals surface area contributed by atoms with Crippen LogP contribution in [-0.2, 0) is 16.1 Å².